The van der Waals surface area contributed by atoms with E-state index in [0.717, 1.165) is 24.7 Å². The molecule has 0 bridgehead atoms. The second-order valence-electron chi connectivity index (χ2n) is 5.68. The number of halogens is 1. The van der Waals surface area contributed by atoms with Gasteiger partial charge in [0.25, 0.3) is 0 Å². The lowest BCUT2D eigenvalue weighted by Gasteiger charge is -2.17. The van der Waals surface area contributed by atoms with Crippen molar-refractivity contribution in [2.45, 2.75) is 31.6 Å². The van der Waals surface area contributed by atoms with Crippen LogP contribution in [0.4, 0.5) is 0 Å². The molecule has 0 heterocycles. The highest BCUT2D eigenvalue weighted by Crippen LogP contribution is 2.24. The molecule has 5 heteroatoms. The Morgan fingerprint density at radius 2 is 2.19 bits per heavy atom. The van der Waals surface area contributed by atoms with Crippen LogP contribution in [0.3, 0.4) is 0 Å². The third-order valence-corrected chi connectivity index (χ3v) is 4.09. The van der Waals surface area contributed by atoms with E-state index in [-0.39, 0.29) is 0 Å². The topological polar surface area (TPSA) is 44.7 Å². The normalized spacial score (nSPS) is 16.4. The smallest absolute Gasteiger partial charge is 0.0897 e. The fourth-order valence-corrected chi connectivity index (χ4v) is 2.39. The zero-order valence-electron chi connectivity index (χ0n) is 12.6. The largest absolute Gasteiger partial charge is 0.389 e. The zero-order valence-corrected chi connectivity index (χ0v) is 13.4. The molecule has 1 fully saturated rings. The van der Waals surface area contributed by atoms with Crippen LogP contribution in [0.2, 0.25) is 5.02 Å². The molecule has 21 heavy (non-hydrogen) atoms. The standard InChI is InChI=1S/C16H25ClN2O2/c1-19(14-6-7-14)9-8-18-10-15(20)12-21-11-13-4-2-3-5-16(13)17/h2-5,14-15,18,20H,6-12H2,1H3. The summed E-state index contributed by atoms with van der Waals surface area (Å²) < 4.78 is 5.50. The first-order valence-corrected chi connectivity index (χ1v) is 7.95. The maximum Gasteiger partial charge on any atom is 0.0897 e. The van der Waals surface area contributed by atoms with E-state index in [1.165, 1.54) is 12.8 Å². The van der Waals surface area contributed by atoms with Gasteiger partial charge in [0.1, 0.15) is 0 Å². The highest BCUT2D eigenvalue weighted by Gasteiger charge is 2.25. The first-order chi connectivity index (χ1) is 10.2. The van der Waals surface area contributed by atoms with Crippen LogP contribution in [0.5, 0.6) is 0 Å². The van der Waals surface area contributed by atoms with Gasteiger partial charge < -0.3 is 20.1 Å². The van der Waals surface area contributed by atoms with Gasteiger partial charge in [-0.2, -0.15) is 0 Å². The van der Waals surface area contributed by atoms with Crippen molar-refractivity contribution in [1.29, 1.82) is 0 Å². The summed E-state index contributed by atoms with van der Waals surface area (Å²) in [5, 5.41) is 13.8. The molecule has 0 aliphatic heterocycles. The number of nitrogens with zero attached hydrogens (tertiary/aromatic N) is 1. The summed E-state index contributed by atoms with van der Waals surface area (Å²) in [6.45, 7) is 3.23. The quantitative estimate of drug-likeness (QED) is 0.648. The van der Waals surface area contributed by atoms with Gasteiger partial charge in [-0.25, -0.2) is 0 Å². The molecule has 1 aromatic carbocycles. The molecule has 2 rings (SSSR count). The maximum atomic E-state index is 9.85. The Bertz CT molecular complexity index is 426. The molecule has 1 saturated carbocycles. The van der Waals surface area contributed by atoms with Crippen LogP contribution in [-0.4, -0.2) is 55.4 Å². The van der Waals surface area contributed by atoms with E-state index in [4.69, 9.17) is 16.3 Å². The van der Waals surface area contributed by atoms with E-state index in [1.54, 1.807) is 0 Å². The minimum atomic E-state index is -0.487. The monoisotopic (exact) mass is 312 g/mol. The number of nitrogens with one attached hydrogen (secondary N) is 1. The van der Waals surface area contributed by atoms with Gasteiger partial charge in [-0.15, -0.1) is 0 Å². The zero-order chi connectivity index (χ0) is 15.1. The predicted molar refractivity (Wildman–Crippen MR) is 85.6 cm³/mol. The van der Waals surface area contributed by atoms with Crippen molar-refractivity contribution in [2.75, 3.05) is 33.3 Å². The lowest BCUT2D eigenvalue weighted by Crippen LogP contribution is -2.36. The van der Waals surface area contributed by atoms with E-state index in [1.807, 2.05) is 24.3 Å². The molecule has 0 radical (unpaired) electrons. The van der Waals surface area contributed by atoms with Gasteiger partial charge in [0, 0.05) is 30.7 Å². The number of hydrogen-bond donors (Lipinski definition) is 2. The van der Waals surface area contributed by atoms with Gasteiger partial charge in [-0.1, -0.05) is 29.8 Å². The summed E-state index contributed by atoms with van der Waals surface area (Å²) >= 11 is 6.04. The molecule has 2 N–H and O–H groups in total. The summed E-state index contributed by atoms with van der Waals surface area (Å²) in [4.78, 5) is 2.37. The van der Waals surface area contributed by atoms with Crippen molar-refractivity contribution in [3.63, 3.8) is 0 Å². The van der Waals surface area contributed by atoms with Gasteiger partial charge in [-0.3, -0.25) is 0 Å². The van der Waals surface area contributed by atoms with Crippen molar-refractivity contribution in [2.24, 2.45) is 0 Å². The van der Waals surface area contributed by atoms with Gasteiger partial charge >= 0.3 is 0 Å². The van der Waals surface area contributed by atoms with Crippen LogP contribution in [0, 0.1) is 0 Å². The molecule has 0 saturated heterocycles. The molecule has 1 atom stereocenters. The van der Waals surface area contributed by atoms with Crippen LogP contribution < -0.4 is 5.32 Å². The molecule has 0 amide bonds. The molecule has 118 valence electrons. The minimum Gasteiger partial charge on any atom is -0.389 e. The summed E-state index contributed by atoms with van der Waals surface area (Å²) in [6, 6.07) is 8.38. The average Bonchev–Trinajstić information content (AvgIpc) is 3.30. The Hall–Kier alpha value is -0.650. The fourth-order valence-electron chi connectivity index (χ4n) is 2.20. The molecule has 0 aromatic heterocycles. The van der Waals surface area contributed by atoms with Crippen molar-refractivity contribution in [3.8, 4) is 0 Å². The Morgan fingerprint density at radius 3 is 2.90 bits per heavy atom. The van der Waals surface area contributed by atoms with Gasteiger partial charge in [0.05, 0.1) is 19.3 Å². The number of rotatable bonds is 10. The van der Waals surface area contributed by atoms with Gasteiger partial charge in [-0.05, 0) is 31.5 Å². The van der Waals surface area contributed by atoms with Crippen LogP contribution in [0.25, 0.3) is 0 Å². The van der Waals surface area contributed by atoms with E-state index in [2.05, 4.69) is 17.3 Å². The minimum absolute atomic E-state index is 0.316. The third-order valence-electron chi connectivity index (χ3n) is 3.72. The summed E-state index contributed by atoms with van der Waals surface area (Å²) in [5.74, 6) is 0. The molecular weight excluding hydrogens is 288 g/mol. The number of ether oxygens (including phenoxy) is 1. The molecule has 0 spiro atoms. The number of aliphatic hydroxyl groups is 1. The Balaban J connectivity index is 1.51. The molecule has 1 unspecified atom stereocenters. The lowest BCUT2D eigenvalue weighted by atomic mass is 10.2. The molecule has 1 aliphatic carbocycles. The summed E-state index contributed by atoms with van der Waals surface area (Å²) in [7, 11) is 2.16. The highest BCUT2D eigenvalue weighted by atomic mass is 35.5. The van der Waals surface area contributed by atoms with Gasteiger partial charge in [0.2, 0.25) is 0 Å². The number of aliphatic hydroxyl groups excluding tert-OH is 1. The lowest BCUT2D eigenvalue weighted by molar-refractivity contribution is 0.0288. The van der Waals surface area contributed by atoms with E-state index >= 15 is 0 Å². The van der Waals surface area contributed by atoms with Crippen LogP contribution in [-0.2, 0) is 11.3 Å². The van der Waals surface area contributed by atoms with Crippen molar-refractivity contribution >= 4 is 11.6 Å². The first-order valence-electron chi connectivity index (χ1n) is 7.57. The second-order valence-corrected chi connectivity index (χ2v) is 6.08. The highest BCUT2D eigenvalue weighted by molar-refractivity contribution is 6.31. The van der Waals surface area contributed by atoms with Gasteiger partial charge in [0.15, 0.2) is 0 Å². The molecule has 1 aliphatic rings. The summed E-state index contributed by atoms with van der Waals surface area (Å²) in [5.41, 5.74) is 0.949. The fraction of sp³-hybridized carbons (Fsp3) is 0.625. The SMILES string of the molecule is CN(CCNCC(O)COCc1ccccc1Cl)C1CC1. The Morgan fingerprint density at radius 1 is 1.43 bits per heavy atom. The van der Waals surface area contributed by atoms with Crippen molar-refractivity contribution in [1.82, 2.24) is 10.2 Å². The maximum absolute atomic E-state index is 9.85. The van der Waals surface area contributed by atoms with Crippen LogP contribution >= 0.6 is 11.6 Å². The number of hydrogen-bond acceptors (Lipinski definition) is 4. The van der Waals surface area contributed by atoms with Crippen LogP contribution in [0.1, 0.15) is 18.4 Å². The Kier molecular flexibility index (Phi) is 6.93. The first kappa shape index (κ1) is 16.7. The van der Waals surface area contributed by atoms with E-state index < -0.39 is 6.10 Å². The van der Waals surface area contributed by atoms with Crippen molar-refractivity contribution < 1.29 is 9.84 Å². The second kappa shape index (κ2) is 8.71. The van der Waals surface area contributed by atoms with Crippen molar-refractivity contribution in [3.05, 3.63) is 34.9 Å². The predicted octanol–water partition coefficient (Wildman–Crippen LogP) is 1.90. The Labute approximate surface area is 132 Å². The molecule has 4 nitrogen and oxygen atoms in total. The van der Waals surface area contributed by atoms with Crippen LogP contribution in [0.15, 0.2) is 24.3 Å². The average molecular weight is 313 g/mol. The van der Waals surface area contributed by atoms with E-state index in [9.17, 15) is 5.11 Å². The van der Waals surface area contributed by atoms with E-state index in [0.29, 0.717) is 24.8 Å². The number of benzene rings is 1. The summed E-state index contributed by atoms with van der Waals surface area (Å²) in [6.07, 6.45) is 2.17. The third kappa shape index (κ3) is 6.32. The molecular formula is C16H25ClN2O2. The number of likely N-dealkylation sites (N-methyl/N-ethyl adjacent to an activating group) is 1. The molecule has 1 aromatic rings.